The second-order valence-corrected chi connectivity index (χ2v) is 11.3. The van der Waals surface area contributed by atoms with Gasteiger partial charge < -0.3 is 10.4 Å². The standard InChI is InChI=1S/C25H44N2O2.ClH/c1-5-27(6-2)16-23(29)26-22-10-9-20-19-8-7-17-15-18(28)11-13-24(17,3)21(19)12-14-25(20,22)4;/h17-22,28H,5-16H2,1-4H3,(H,26,29);1H/t17-,18-,19?,20?,21?,22-,24-,25-;/m0./s1. The quantitative estimate of drug-likeness (QED) is 0.654. The Morgan fingerprint density at radius 1 is 0.967 bits per heavy atom. The lowest BCUT2D eigenvalue weighted by atomic mass is 9.45. The Labute approximate surface area is 190 Å². The number of carbonyl (C=O) groups is 1. The summed E-state index contributed by atoms with van der Waals surface area (Å²) in [6, 6.07) is 0.357. The molecule has 1 amide bonds. The maximum atomic E-state index is 12.7. The molecule has 4 aliphatic rings. The van der Waals surface area contributed by atoms with Crippen LogP contribution in [0.15, 0.2) is 0 Å². The van der Waals surface area contributed by atoms with Crippen molar-refractivity contribution in [3.63, 3.8) is 0 Å². The van der Waals surface area contributed by atoms with Crippen LogP contribution in [0, 0.1) is 34.5 Å². The number of hydrogen-bond donors (Lipinski definition) is 2. The second kappa shape index (κ2) is 9.27. The van der Waals surface area contributed by atoms with Gasteiger partial charge in [0.25, 0.3) is 0 Å². The van der Waals surface area contributed by atoms with Crippen LogP contribution >= 0.6 is 12.4 Å². The molecule has 3 unspecified atom stereocenters. The van der Waals surface area contributed by atoms with Gasteiger partial charge in [0.2, 0.25) is 5.91 Å². The Balaban J connectivity index is 0.00000256. The highest BCUT2D eigenvalue weighted by atomic mass is 35.5. The molecule has 8 atom stereocenters. The predicted octanol–water partition coefficient (Wildman–Crippen LogP) is 4.64. The molecule has 0 radical (unpaired) electrons. The molecule has 0 bridgehead atoms. The Morgan fingerprint density at radius 3 is 2.33 bits per heavy atom. The van der Waals surface area contributed by atoms with Crippen LogP contribution < -0.4 is 5.32 Å². The van der Waals surface area contributed by atoms with E-state index in [4.69, 9.17) is 0 Å². The molecule has 0 saturated heterocycles. The monoisotopic (exact) mass is 440 g/mol. The van der Waals surface area contributed by atoms with Crippen molar-refractivity contribution >= 4 is 18.3 Å². The van der Waals surface area contributed by atoms with E-state index < -0.39 is 0 Å². The summed E-state index contributed by atoms with van der Waals surface area (Å²) in [5.74, 6) is 3.37. The molecule has 0 spiro atoms. The van der Waals surface area contributed by atoms with Crippen LogP contribution in [0.25, 0.3) is 0 Å². The molecule has 4 aliphatic carbocycles. The summed E-state index contributed by atoms with van der Waals surface area (Å²) >= 11 is 0. The van der Waals surface area contributed by atoms with Gasteiger partial charge in [-0.05, 0) is 105 Å². The van der Waals surface area contributed by atoms with Crippen LogP contribution in [0.1, 0.15) is 85.5 Å². The maximum Gasteiger partial charge on any atom is 0.234 e. The molecule has 4 saturated carbocycles. The highest BCUT2D eigenvalue weighted by Crippen LogP contribution is 2.66. The zero-order chi connectivity index (χ0) is 20.8. The second-order valence-electron chi connectivity index (χ2n) is 11.3. The fourth-order valence-electron chi connectivity index (χ4n) is 8.36. The number of nitrogens with zero attached hydrogens (tertiary/aromatic N) is 1. The van der Waals surface area contributed by atoms with E-state index in [9.17, 15) is 9.90 Å². The molecule has 30 heavy (non-hydrogen) atoms. The van der Waals surface area contributed by atoms with Crippen LogP contribution in [0.2, 0.25) is 0 Å². The van der Waals surface area contributed by atoms with Crippen LogP contribution in [0.4, 0.5) is 0 Å². The third kappa shape index (κ3) is 4.06. The van der Waals surface area contributed by atoms with Crippen molar-refractivity contribution in [3.8, 4) is 0 Å². The van der Waals surface area contributed by atoms with Crippen molar-refractivity contribution in [1.29, 1.82) is 0 Å². The number of nitrogens with one attached hydrogen (secondary N) is 1. The highest BCUT2D eigenvalue weighted by molar-refractivity contribution is 5.85. The molecule has 4 fully saturated rings. The summed E-state index contributed by atoms with van der Waals surface area (Å²) in [5, 5.41) is 13.7. The van der Waals surface area contributed by atoms with E-state index in [2.05, 4.69) is 37.9 Å². The number of aliphatic hydroxyl groups is 1. The molecule has 0 aromatic carbocycles. The van der Waals surface area contributed by atoms with E-state index in [1.54, 1.807) is 0 Å². The van der Waals surface area contributed by atoms with Gasteiger partial charge in [0, 0.05) is 6.04 Å². The molecule has 0 heterocycles. The van der Waals surface area contributed by atoms with Crippen molar-refractivity contribution in [2.45, 2.75) is 97.6 Å². The molecule has 0 aromatic heterocycles. The van der Waals surface area contributed by atoms with Crippen LogP contribution in [-0.4, -0.2) is 47.7 Å². The number of carbonyl (C=O) groups excluding carboxylic acids is 1. The van der Waals surface area contributed by atoms with Gasteiger partial charge in [-0.2, -0.15) is 0 Å². The molecule has 2 N–H and O–H groups in total. The van der Waals surface area contributed by atoms with Crippen LogP contribution in [0.5, 0.6) is 0 Å². The molecule has 5 heteroatoms. The molecule has 0 aromatic rings. The van der Waals surface area contributed by atoms with E-state index in [0.717, 1.165) is 56.0 Å². The van der Waals surface area contributed by atoms with Gasteiger partial charge in [-0.15, -0.1) is 12.4 Å². The predicted molar refractivity (Wildman–Crippen MR) is 125 cm³/mol. The largest absolute Gasteiger partial charge is 0.393 e. The molecular formula is C25H45ClN2O2. The maximum absolute atomic E-state index is 12.7. The summed E-state index contributed by atoms with van der Waals surface area (Å²) in [6.45, 7) is 11.7. The lowest BCUT2D eigenvalue weighted by molar-refractivity contribution is -0.130. The number of aliphatic hydroxyl groups excluding tert-OH is 1. The van der Waals surface area contributed by atoms with E-state index in [1.807, 2.05) is 0 Å². The lowest BCUT2D eigenvalue weighted by Gasteiger charge is -2.61. The van der Waals surface area contributed by atoms with Crippen molar-refractivity contribution in [2.75, 3.05) is 19.6 Å². The third-order valence-electron chi connectivity index (χ3n) is 10.2. The van der Waals surface area contributed by atoms with E-state index in [-0.39, 0.29) is 29.8 Å². The first-order valence-electron chi connectivity index (χ1n) is 12.5. The summed E-state index contributed by atoms with van der Waals surface area (Å²) in [4.78, 5) is 14.9. The summed E-state index contributed by atoms with van der Waals surface area (Å²) < 4.78 is 0. The zero-order valence-electron chi connectivity index (χ0n) is 19.7. The van der Waals surface area contributed by atoms with Crippen LogP contribution in [-0.2, 0) is 4.79 Å². The van der Waals surface area contributed by atoms with Crippen molar-refractivity contribution in [3.05, 3.63) is 0 Å². The average molecular weight is 441 g/mol. The summed E-state index contributed by atoms with van der Waals surface area (Å²) in [6.07, 6.45) is 10.9. The smallest absolute Gasteiger partial charge is 0.234 e. The van der Waals surface area contributed by atoms with E-state index in [0.29, 0.717) is 18.0 Å². The molecule has 4 rings (SSSR count). The number of likely N-dealkylation sites (N-methyl/N-ethyl adjacent to an activating group) is 1. The van der Waals surface area contributed by atoms with E-state index in [1.165, 1.54) is 38.5 Å². The zero-order valence-corrected chi connectivity index (χ0v) is 20.5. The van der Waals surface area contributed by atoms with Crippen molar-refractivity contribution < 1.29 is 9.90 Å². The van der Waals surface area contributed by atoms with Gasteiger partial charge in [-0.25, -0.2) is 0 Å². The van der Waals surface area contributed by atoms with Gasteiger partial charge >= 0.3 is 0 Å². The van der Waals surface area contributed by atoms with Crippen molar-refractivity contribution in [1.82, 2.24) is 10.2 Å². The van der Waals surface area contributed by atoms with Gasteiger partial charge in [0.1, 0.15) is 0 Å². The summed E-state index contributed by atoms with van der Waals surface area (Å²) in [7, 11) is 0. The Bertz CT molecular complexity index is 612. The topological polar surface area (TPSA) is 52.6 Å². The Kier molecular flexibility index (Phi) is 7.52. The third-order valence-corrected chi connectivity index (χ3v) is 10.2. The fraction of sp³-hybridized carbons (Fsp3) is 0.960. The first-order chi connectivity index (χ1) is 13.8. The molecular weight excluding hydrogens is 396 g/mol. The number of fused-ring (bicyclic) bond motifs is 5. The van der Waals surface area contributed by atoms with Crippen LogP contribution in [0.3, 0.4) is 0 Å². The fourth-order valence-corrected chi connectivity index (χ4v) is 8.36. The Morgan fingerprint density at radius 2 is 1.63 bits per heavy atom. The average Bonchev–Trinajstić information content (AvgIpc) is 3.03. The van der Waals surface area contributed by atoms with Gasteiger partial charge in [-0.3, -0.25) is 9.69 Å². The Hall–Kier alpha value is -0.320. The molecule has 0 aliphatic heterocycles. The number of halogens is 1. The minimum Gasteiger partial charge on any atom is -0.393 e. The number of amides is 1. The van der Waals surface area contributed by atoms with Crippen molar-refractivity contribution in [2.24, 2.45) is 34.5 Å². The first-order valence-corrected chi connectivity index (χ1v) is 12.5. The van der Waals surface area contributed by atoms with Gasteiger partial charge in [0.15, 0.2) is 0 Å². The lowest BCUT2D eigenvalue weighted by Crippen LogP contribution is -2.56. The normalized spacial score (nSPS) is 45.1. The molecule has 174 valence electrons. The SMILES string of the molecule is CCN(CC)CC(=O)N[C@H]1CCC2C3CC[C@H]4C[C@@H](O)CC[C@]4(C)C3CC[C@@]21C.Cl. The number of rotatable bonds is 5. The van der Waals surface area contributed by atoms with E-state index >= 15 is 0 Å². The van der Waals surface area contributed by atoms with Gasteiger partial charge in [-0.1, -0.05) is 27.7 Å². The summed E-state index contributed by atoms with van der Waals surface area (Å²) in [5.41, 5.74) is 0.713. The highest BCUT2D eigenvalue weighted by Gasteiger charge is 2.60. The van der Waals surface area contributed by atoms with Gasteiger partial charge in [0.05, 0.1) is 12.6 Å². The first kappa shape index (κ1) is 24.3. The number of hydrogen-bond acceptors (Lipinski definition) is 3. The minimum absolute atomic E-state index is 0. The molecule has 4 nitrogen and oxygen atoms in total. The minimum atomic E-state index is -0.0599.